The van der Waals surface area contributed by atoms with Gasteiger partial charge in [0.2, 0.25) is 0 Å². The van der Waals surface area contributed by atoms with Crippen molar-refractivity contribution in [3.63, 3.8) is 0 Å². The Hall–Kier alpha value is -2.87. The second kappa shape index (κ2) is 7.40. The van der Waals surface area contributed by atoms with E-state index in [4.69, 9.17) is 0 Å². The van der Waals surface area contributed by atoms with Crippen LogP contribution in [0.25, 0.3) is 11.0 Å². The molecule has 27 heavy (non-hydrogen) atoms. The summed E-state index contributed by atoms with van der Waals surface area (Å²) in [4.78, 5) is 14.6. The van der Waals surface area contributed by atoms with E-state index in [-0.39, 0.29) is 12.5 Å². The predicted molar refractivity (Wildman–Crippen MR) is 99.5 cm³/mol. The smallest absolute Gasteiger partial charge is 0.164 e. The lowest BCUT2D eigenvalue weighted by Gasteiger charge is -2.31. The molecule has 3 aromatic rings. The Morgan fingerprint density at radius 1 is 1.19 bits per heavy atom. The Labute approximate surface area is 154 Å². The molecule has 2 aromatic heterocycles. The number of aryl methyl sites for hydroxylation is 1. The molecular weight excluding hydrogens is 352 g/mol. The molecule has 1 atom stereocenters. The number of benzene rings is 1. The highest BCUT2D eigenvalue weighted by atomic mass is 19.1. The van der Waals surface area contributed by atoms with E-state index >= 15 is 0 Å². The van der Waals surface area contributed by atoms with Gasteiger partial charge in [0.15, 0.2) is 6.23 Å². The van der Waals surface area contributed by atoms with Crippen LogP contribution in [0.4, 0.5) is 20.2 Å². The van der Waals surface area contributed by atoms with Crippen LogP contribution in [0, 0.1) is 5.82 Å². The minimum atomic E-state index is -0.907. The molecule has 0 bridgehead atoms. The third kappa shape index (κ3) is 3.40. The van der Waals surface area contributed by atoms with E-state index in [1.807, 2.05) is 4.57 Å². The Bertz CT molecular complexity index is 987. The topological polar surface area (TPSA) is 66.5 Å². The quantitative estimate of drug-likeness (QED) is 0.675. The van der Waals surface area contributed by atoms with E-state index in [9.17, 15) is 13.9 Å². The van der Waals surface area contributed by atoms with Crippen LogP contribution in [0.1, 0.15) is 18.7 Å². The lowest BCUT2D eigenvalue weighted by molar-refractivity contribution is 0.234. The molecule has 140 valence electrons. The van der Waals surface area contributed by atoms with Crippen molar-refractivity contribution >= 4 is 28.6 Å². The van der Waals surface area contributed by atoms with Crippen LogP contribution in [0.15, 0.2) is 41.7 Å². The lowest BCUT2D eigenvalue weighted by Crippen LogP contribution is -2.38. The third-order valence-corrected chi connectivity index (χ3v) is 4.62. The number of unbranched alkanes of at least 4 members (excludes halogenated alkanes) is 1. The second-order valence-corrected chi connectivity index (χ2v) is 6.39. The summed E-state index contributed by atoms with van der Waals surface area (Å²) in [6, 6.07) is 6.24. The highest BCUT2D eigenvalue weighted by molar-refractivity contribution is 5.82. The SMILES string of the molecule is OC1C=Nc2cnccc2N1Cc1nc2cc(F)ccc2n1CCCCF. The fourth-order valence-electron chi connectivity index (χ4n) is 3.31. The van der Waals surface area contributed by atoms with E-state index in [1.165, 1.54) is 18.3 Å². The van der Waals surface area contributed by atoms with Crippen molar-refractivity contribution in [3.05, 3.63) is 48.3 Å². The van der Waals surface area contributed by atoms with Gasteiger partial charge in [-0.05, 0) is 31.0 Å². The zero-order valence-corrected chi connectivity index (χ0v) is 14.6. The van der Waals surface area contributed by atoms with Crippen LogP contribution in [-0.4, -0.2) is 38.8 Å². The number of aliphatic imine (C=N–C) groups is 1. The van der Waals surface area contributed by atoms with Gasteiger partial charge >= 0.3 is 0 Å². The van der Waals surface area contributed by atoms with E-state index in [0.29, 0.717) is 43.0 Å². The van der Waals surface area contributed by atoms with E-state index in [0.717, 1.165) is 11.2 Å². The van der Waals surface area contributed by atoms with E-state index in [1.54, 1.807) is 29.4 Å². The molecule has 3 heterocycles. The second-order valence-electron chi connectivity index (χ2n) is 6.39. The number of hydrogen-bond acceptors (Lipinski definition) is 5. The van der Waals surface area contributed by atoms with Crippen molar-refractivity contribution in [2.24, 2.45) is 4.99 Å². The van der Waals surface area contributed by atoms with Gasteiger partial charge in [0.25, 0.3) is 0 Å². The molecule has 0 radical (unpaired) electrons. The van der Waals surface area contributed by atoms with Crippen molar-refractivity contribution in [1.82, 2.24) is 14.5 Å². The standard InChI is InChI=1S/C19H19F2N5O/c20-6-1-2-8-25-16-4-3-13(21)9-14(16)24-18(25)12-26-17-5-7-22-10-15(17)23-11-19(26)27/h3-5,7,9-11,19,27H,1-2,6,8,12H2. The number of imidazole rings is 1. The molecule has 0 aliphatic carbocycles. The van der Waals surface area contributed by atoms with Crippen LogP contribution in [0.2, 0.25) is 0 Å². The van der Waals surface area contributed by atoms with Crippen molar-refractivity contribution in [2.75, 3.05) is 11.6 Å². The monoisotopic (exact) mass is 371 g/mol. The van der Waals surface area contributed by atoms with Crippen molar-refractivity contribution in [2.45, 2.75) is 32.2 Å². The molecule has 8 heteroatoms. The van der Waals surface area contributed by atoms with Gasteiger partial charge in [-0.15, -0.1) is 0 Å². The number of pyridine rings is 1. The molecule has 1 aromatic carbocycles. The fourth-order valence-corrected chi connectivity index (χ4v) is 3.31. The minimum absolute atomic E-state index is 0.302. The Morgan fingerprint density at radius 3 is 2.93 bits per heavy atom. The van der Waals surface area contributed by atoms with E-state index < -0.39 is 6.23 Å². The molecule has 0 spiro atoms. The summed E-state index contributed by atoms with van der Waals surface area (Å²) in [5.74, 6) is 0.315. The largest absolute Gasteiger partial charge is 0.368 e. The molecule has 1 aliphatic rings. The first-order valence-electron chi connectivity index (χ1n) is 8.81. The maximum Gasteiger partial charge on any atom is 0.164 e. The molecule has 4 rings (SSSR count). The van der Waals surface area contributed by atoms with Crippen LogP contribution in [0.3, 0.4) is 0 Å². The first-order valence-corrected chi connectivity index (χ1v) is 8.81. The Balaban J connectivity index is 1.72. The van der Waals surface area contributed by atoms with Crippen molar-refractivity contribution in [3.8, 4) is 0 Å². The molecule has 6 nitrogen and oxygen atoms in total. The summed E-state index contributed by atoms with van der Waals surface area (Å²) in [5, 5.41) is 10.4. The van der Waals surface area contributed by atoms with Gasteiger partial charge in [0.1, 0.15) is 17.3 Å². The van der Waals surface area contributed by atoms with E-state index in [2.05, 4.69) is 15.0 Å². The Morgan fingerprint density at radius 2 is 2.07 bits per heavy atom. The molecular formula is C19H19F2N5O. The maximum absolute atomic E-state index is 13.6. The van der Waals surface area contributed by atoms with Crippen molar-refractivity contribution < 1.29 is 13.9 Å². The van der Waals surface area contributed by atoms with Gasteiger partial charge in [-0.1, -0.05) is 0 Å². The summed E-state index contributed by atoms with van der Waals surface area (Å²) >= 11 is 0. The summed E-state index contributed by atoms with van der Waals surface area (Å²) < 4.78 is 28.1. The zero-order valence-electron chi connectivity index (χ0n) is 14.6. The number of aliphatic hydroxyl groups excluding tert-OH is 1. The molecule has 1 N–H and O–H groups in total. The number of fused-ring (bicyclic) bond motifs is 2. The first kappa shape index (κ1) is 17.5. The summed E-state index contributed by atoms with van der Waals surface area (Å²) in [6.07, 6.45) is 4.91. The van der Waals surface area contributed by atoms with Crippen molar-refractivity contribution in [1.29, 1.82) is 0 Å². The number of alkyl halides is 1. The zero-order chi connectivity index (χ0) is 18.8. The van der Waals surface area contributed by atoms with Gasteiger partial charge in [-0.25, -0.2) is 9.37 Å². The highest BCUT2D eigenvalue weighted by Crippen LogP contribution is 2.33. The van der Waals surface area contributed by atoms with Gasteiger partial charge < -0.3 is 14.6 Å². The highest BCUT2D eigenvalue weighted by Gasteiger charge is 2.24. The number of hydrogen-bond donors (Lipinski definition) is 1. The molecule has 1 aliphatic heterocycles. The maximum atomic E-state index is 13.6. The fraction of sp³-hybridized carbons (Fsp3) is 0.316. The number of nitrogens with zero attached hydrogens (tertiary/aromatic N) is 5. The summed E-state index contributed by atoms with van der Waals surface area (Å²) in [5.41, 5.74) is 2.74. The molecule has 0 fully saturated rings. The number of anilines is 1. The number of halogens is 2. The van der Waals surface area contributed by atoms with Gasteiger partial charge in [0, 0.05) is 18.8 Å². The summed E-state index contributed by atoms with van der Waals surface area (Å²) in [6.45, 7) is 0.497. The molecule has 0 saturated carbocycles. The van der Waals surface area contributed by atoms with Crippen LogP contribution in [0.5, 0.6) is 0 Å². The van der Waals surface area contributed by atoms with Gasteiger partial charge in [0.05, 0.1) is 42.4 Å². The van der Waals surface area contributed by atoms with Gasteiger partial charge in [-0.3, -0.25) is 14.4 Å². The van der Waals surface area contributed by atoms with Crippen LogP contribution < -0.4 is 4.90 Å². The average Bonchev–Trinajstić information content (AvgIpc) is 3.00. The molecule has 1 unspecified atom stereocenters. The van der Waals surface area contributed by atoms with Crippen LogP contribution >= 0.6 is 0 Å². The molecule has 0 amide bonds. The van der Waals surface area contributed by atoms with Gasteiger partial charge in [-0.2, -0.15) is 0 Å². The number of aromatic nitrogens is 3. The third-order valence-electron chi connectivity index (χ3n) is 4.62. The number of aliphatic hydroxyl groups is 1. The Kier molecular flexibility index (Phi) is 4.81. The number of rotatable bonds is 6. The molecule has 0 saturated heterocycles. The normalized spacial score (nSPS) is 16.1. The minimum Gasteiger partial charge on any atom is -0.368 e. The first-order chi connectivity index (χ1) is 13.2. The average molecular weight is 371 g/mol. The summed E-state index contributed by atoms with van der Waals surface area (Å²) in [7, 11) is 0. The van der Waals surface area contributed by atoms with Crippen LogP contribution in [-0.2, 0) is 13.1 Å². The predicted octanol–water partition coefficient (Wildman–Crippen LogP) is 3.36. The lowest BCUT2D eigenvalue weighted by atomic mass is 10.2.